The number of aliphatic imine (C=N–C) groups is 2. The van der Waals surface area contributed by atoms with Crippen molar-refractivity contribution in [1.29, 1.82) is 0 Å². The van der Waals surface area contributed by atoms with Gasteiger partial charge in [-0.05, 0) is 70.1 Å². The summed E-state index contributed by atoms with van der Waals surface area (Å²) < 4.78 is 39.8. The summed E-state index contributed by atoms with van der Waals surface area (Å²) in [6.45, 7) is 4.46. The number of sulfonamides is 1. The first-order valence-electron chi connectivity index (χ1n) is 17.5. The van der Waals surface area contributed by atoms with Crippen LogP contribution in [0.4, 0.5) is 4.79 Å². The Hall–Kier alpha value is -4.27. The van der Waals surface area contributed by atoms with Gasteiger partial charge in [-0.25, -0.2) is 18.2 Å². The number of urea groups is 1. The fraction of sp³-hybridized carbons (Fsp3) is 0.600. The Kier molecular flexibility index (Phi) is 10.3. The number of allylic oxidation sites excluding steroid dienone is 2. The second kappa shape index (κ2) is 14.5. The molecule has 0 bridgehead atoms. The van der Waals surface area contributed by atoms with Crippen molar-refractivity contribution in [3.63, 3.8) is 0 Å². The first-order valence-corrected chi connectivity index (χ1v) is 19.0. The molecule has 1 aromatic rings. The molecule has 2 saturated carbocycles. The van der Waals surface area contributed by atoms with Gasteiger partial charge in [0.25, 0.3) is 5.91 Å². The Bertz CT molecular complexity index is 1740. The normalized spacial score (nSPS) is 29.0. The SMILES string of the molecule is C/C=C(OC)\C(C)=C1/CC(O[C@@H]2C[C@H]3C(=O)N[C@]4(C(=O)NS(=O)(=O)C5CC5)C[C@H]4CCCCCCN(C)C(=O)N3C2)=NC(c2ccncc2)=N1. The molecule has 2 N–H and O–H groups in total. The first-order chi connectivity index (χ1) is 24.0. The van der Waals surface area contributed by atoms with E-state index in [0.717, 1.165) is 36.8 Å². The lowest BCUT2D eigenvalue weighted by Gasteiger charge is -2.30. The zero-order chi connectivity index (χ0) is 35.6. The zero-order valence-electron chi connectivity index (χ0n) is 29.2. The van der Waals surface area contributed by atoms with Crippen molar-refractivity contribution in [3.8, 4) is 0 Å². The van der Waals surface area contributed by atoms with Crippen LogP contribution >= 0.6 is 0 Å². The van der Waals surface area contributed by atoms with Crippen LogP contribution in [0.3, 0.4) is 0 Å². The number of nitrogens with one attached hydrogen (secondary N) is 2. The molecule has 5 aliphatic rings. The number of fused-ring (bicyclic) bond motifs is 2. The van der Waals surface area contributed by atoms with Crippen LogP contribution in [0.1, 0.15) is 83.6 Å². The average molecular weight is 710 g/mol. The van der Waals surface area contributed by atoms with E-state index in [4.69, 9.17) is 19.5 Å². The lowest BCUT2D eigenvalue weighted by molar-refractivity contribution is -0.131. The topological polar surface area (TPSA) is 172 Å². The van der Waals surface area contributed by atoms with E-state index in [1.165, 1.54) is 4.90 Å². The number of amides is 4. The molecule has 14 nitrogen and oxygen atoms in total. The zero-order valence-corrected chi connectivity index (χ0v) is 30.0. The molecule has 0 aromatic carbocycles. The van der Waals surface area contributed by atoms with Crippen molar-refractivity contribution < 1.29 is 32.3 Å². The maximum absolute atomic E-state index is 14.1. The number of aromatic nitrogens is 1. The van der Waals surface area contributed by atoms with E-state index < -0.39 is 44.8 Å². The van der Waals surface area contributed by atoms with Crippen LogP contribution in [0, 0.1) is 5.92 Å². The summed E-state index contributed by atoms with van der Waals surface area (Å²) in [6.07, 6.45) is 10.6. The number of rotatable bonds is 7. The highest BCUT2D eigenvalue weighted by Crippen LogP contribution is 2.48. The van der Waals surface area contributed by atoms with Crippen LogP contribution in [0.15, 0.2) is 57.6 Å². The molecule has 4 amide bonds. The predicted octanol–water partition coefficient (Wildman–Crippen LogP) is 3.41. The van der Waals surface area contributed by atoms with E-state index in [1.807, 2.05) is 19.9 Å². The van der Waals surface area contributed by atoms with Gasteiger partial charge >= 0.3 is 6.03 Å². The highest BCUT2D eigenvalue weighted by atomic mass is 32.2. The maximum atomic E-state index is 14.1. The molecule has 50 heavy (non-hydrogen) atoms. The molecular formula is C35H47N7O7S. The maximum Gasteiger partial charge on any atom is 0.320 e. The van der Waals surface area contributed by atoms with Crippen molar-refractivity contribution in [2.75, 3.05) is 27.2 Å². The van der Waals surface area contributed by atoms with Crippen LogP contribution in [-0.2, 0) is 29.1 Å². The number of hydrogen-bond donors (Lipinski definition) is 2. The second-order valence-corrected chi connectivity index (χ2v) is 15.8. The van der Waals surface area contributed by atoms with Crippen LogP contribution < -0.4 is 10.0 Å². The van der Waals surface area contributed by atoms with E-state index in [0.29, 0.717) is 55.4 Å². The van der Waals surface area contributed by atoms with Crippen molar-refractivity contribution in [2.45, 2.75) is 101 Å². The van der Waals surface area contributed by atoms with E-state index in [-0.39, 0.29) is 31.3 Å². The molecule has 0 unspecified atom stereocenters. The summed E-state index contributed by atoms with van der Waals surface area (Å²) in [5.74, 6) is 0.107. The van der Waals surface area contributed by atoms with Gasteiger partial charge in [-0.1, -0.05) is 19.3 Å². The van der Waals surface area contributed by atoms with Crippen LogP contribution in [0.25, 0.3) is 0 Å². The molecule has 0 spiro atoms. The number of methoxy groups -OCH3 is 1. The molecule has 4 atom stereocenters. The quantitative estimate of drug-likeness (QED) is 0.406. The van der Waals surface area contributed by atoms with Gasteiger partial charge in [0.2, 0.25) is 15.9 Å². The van der Waals surface area contributed by atoms with Gasteiger partial charge in [0.1, 0.15) is 23.4 Å². The predicted molar refractivity (Wildman–Crippen MR) is 186 cm³/mol. The molecule has 0 radical (unpaired) electrons. The largest absolute Gasteiger partial charge is 0.497 e. The van der Waals surface area contributed by atoms with Gasteiger partial charge in [0, 0.05) is 43.5 Å². The average Bonchev–Trinajstić information content (AvgIpc) is 4.03. The molecule has 1 aromatic heterocycles. The lowest BCUT2D eigenvalue weighted by Crippen LogP contribution is -2.57. The fourth-order valence-corrected chi connectivity index (χ4v) is 8.50. The summed E-state index contributed by atoms with van der Waals surface area (Å²) in [6, 6.07) is 2.36. The molecule has 4 fully saturated rings. The monoisotopic (exact) mass is 709 g/mol. The molecule has 15 heteroatoms. The molecule has 6 rings (SSSR count). The van der Waals surface area contributed by atoms with Gasteiger partial charge in [0.15, 0.2) is 11.7 Å². The minimum Gasteiger partial charge on any atom is -0.497 e. The number of carbonyl (C=O) groups excluding carboxylic acids is 3. The summed E-state index contributed by atoms with van der Waals surface area (Å²) >= 11 is 0. The highest BCUT2D eigenvalue weighted by Gasteiger charge is 2.62. The molecule has 4 heterocycles. The minimum atomic E-state index is -3.81. The van der Waals surface area contributed by atoms with Crippen LogP contribution in [0.2, 0.25) is 0 Å². The van der Waals surface area contributed by atoms with Crippen LogP contribution in [-0.4, -0.2) is 103 Å². The summed E-state index contributed by atoms with van der Waals surface area (Å²) in [4.78, 5) is 58.4. The number of nitrogens with zero attached hydrogens (tertiary/aromatic N) is 5. The Morgan fingerprint density at radius 1 is 1.10 bits per heavy atom. The van der Waals surface area contributed by atoms with Crippen molar-refractivity contribution in [3.05, 3.63) is 53.2 Å². The third-order valence-electron chi connectivity index (χ3n) is 10.3. The molecule has 270 valence electrons. The fourth-order valence-electron chi connectivity index (χ4n) is 7.13. The number of hydrogen-bond acceptors (Lipinski definition) is 10. The molecule has 2 aliphatic carbocycles. The van der Waals surface area contributed by atoms with Crippen molar-refractivity contribution >= 4 is 39.6 Å². The minimum absolute atomic E-state index is 0.122. The number of ether oxygens (including phenoxy) is 2. The first kappa shape index (κ1) is 35.6. The summed E-state index contributed by atoms with van der Waals surface area (Å²) in [5.41, 5.74) is 0.936. The Morgan fingerprint density at radius 3 is 2.54 bits per heavy atom. The Balaban J connectivity index is 1.27. The highest BCUT2D eigenvalue weighted by molar-refractivity contribution is 7.91. The van der Waals surface area contributed by atoms with E-state index >= 15 is 0 Å². The molecule has 3 aliphatic heterocycles. The van der Waals surface area contributed by atoms with Gasteiger partial charge in [0.05, 0.1) is 31.0 Å². The number of amidine groups is 1. The third-order valence-corrected chi connectivity index (χ3v) is 12.1. The molecular weight excluding hydrogens is 662 g/mol. The summed E-state index contributed by atoms with van der Waals surface area (Å²) in [7, 11) is -0.488. The smallest absolute Gasteiger partial charge is 0.320 e. The van der Waals surface area contributed by atoms with E-state index in [1.54, 1.807) is 43.6 Å². The van der Waals surface area contributed by atoms with Gasteiger partial charge in [-0.3, -0.25) is 19.3 Å². The number of pyridine rings is 1. The van der Waals surface area contributed by atoms with Gasteiger partial charge < -0.3 is 24.6 Å². The van der Waals surface area contributed by atoms with E-state index in [9.17, 15) is 22.8 Å². The third kappa shape index (κ3) is 7.57. The van der Waals surface area contributed by atoms with Gasteiger partial charge in [-0.15, -0.1) is 0 Å². The second-order valence-electron chi connectivity index (χ2n) is 13.9. The molecule has 2 saturated heterocycles. The van der Waals surface area contributed by atoms with Crippen molar-refractivity contribution in [1.82, 2.24) is 24.8 Å². The lowest BCUT2D eigenvalue weighted by atomic mass is 10.0. The van der Waals surface area contributed by atoms with E-state index in [2.05, 4.69) is 15.0 Å². The Morgan fingerprint density at radius 2 is 1.84 bits per heavy atom. The number of carbonyl (C=O) groups is 3. The standard InChI is InChI=1S/C35H47N7O7S/c1-5-29(48-4)22(2)27-19-30(38-31(37-27)23-13-15-36-16-14-23)49-25-18-28-32(43)39-35(33(44)40-50(46,47)26-11-12-26)20-24(35)10-8-6-7-9-17-41(3)34(45)42(28)21-25/h5,13-16,24-26,28H,6-12,17-21H2,1-4H3,(H,39,43)(H,40,44)/b27-22+,29-5+/t24-,25-,28+,35-/m1/s1. The Labute approximate surface area is 293 Å². The van der Waals surface area contributed by atoms with Crippen molar-refractivity contribution in [2.24, 2.45) is 15.9 Å². The van der Waals surface area contributed by atoms with Gasteiger partial charge in [-0.2, -0.15) is 4.99 Å². The summed E-state index contributed by atoms with van der Waals surface area (Å²) in [5, 5.41) is 2.37. The van der Waals surface area contributed by atoms with Crippen LogP contribution in [0.5, 0.6) is 0 Å².